The van der Waals surface area contributed by atoms with Crippen molar-refractivity contribution in [3.8, 4) is 0 Å². The average molecular weight is 258 g/mol. The molecule has 2 aromatic rings. The summed E-state index contributed by atoms with van der Waals surface area (Å²) in [5.41, 5.74) is 1.16. The first-order valence-corrected chi connectivity index (χ1v) is 7.04. The summed E-state index contributed by atoms with van der Waals surface area (Å²) in [6.07, 6.45) is 7.78. The average Bonchev–Trinajstić information content (AvgIpc) is 2.96. The van der Waals surface area contributed by atoms with Crippen molar-refractivity contribution < 1.29 is 4.42 Å². The zero-order valence-electron chi connectivity index (χ0n) is 11.5. The van der Waals surface area contributed by atoms with Crippen LogP contribution in [0.3, 0.4) is 0 Å². The molecule has 2 aromatic heterocycles. The van der Waals surface area contributed by atoms with Gasteiger partial charge in [0.15, 0.2) is 0 Å². The van der Waals surface area contributed by atoms with Crippen molar-refractivity contribution >= 4 is 0 Å². The third-order valence-electron chi connectivity index (χ3n) is 3.19. The number of furan rings is 1. The second-order valence-electron chi connectivity index (χ2n) is 4.79. The summed E-state index contributed by atoms with van der Waals surface area (Å²) in [5.74, 6) is 1.05. The molecule has 19 heavy (non-hydrogen) atoms. The smallest absolute Gasteiger partial charge is 0.105 e. The molecular weight excluding hydrogens is 236 g/mol. The molecule has 102 valence electrons. The largest absolute Gasteiger partial charge is 0.469 e. The van der Waals surface area contributed by atoms with Crippen LogP contribution >= 0.6 is 0 Å². The highest BCUT2D eigenvalue weighted by atomic mass is 16.3. The van der Waals surface area contributed by atoms with Crippen molar-refractivity contribution in [2.24, 2.45) is 0 Å². The van der Waals surface area contributed by atoms with Crippen molar-refractivity contribution in [2.75, 3.05) is 6.54 Å². The van der Waals surface area contributed by atoms with Gasteiger partial charge in [-0.1, -0.05) is 13.0 Å². The predicted molar refractivity (Wildman–Crippen MR) is 77.1 cm³/mol. The van der Waals surface area contributed by atoms with Gasteiger partial charge in [0, 0.05) is 24.4 Å². The minimum absolute atomic E-state index is 0.452. The fraction of sp³-hybridized carbons (Fsp3) is 0.438. The number of aryl methyl sites for hydroxylation is 1. The normalized spacial score (nSPS) is 12.5. The summed E-state index contributed by atoms with van der Waals surface area (Å²) in [7, 11) is 0. The minimum Gasteiger partial charge on any atom is -0.469 e. The second-order valence-corrected chi connectivity index (χ2v) is 4.79. The number of hydrogen-bond acceptors (Lipinski definition) is 3. The Labute approximate surface area is 115 Å². The molecule has 2 heterocycles. The molecule has 1 atom stereocenters. The third kappa shape index (κ3) is 4.87. The Kier molecular flexibility index (Phi) is 5.63. The zero-order chi connectivity index (χ0) is 13.3. The van der Waals surface area contributed by atoms with Gasteiger partial charge in [-0.2, -0.15) is 0 Å². The summed E-state index contributed by atoms with van der Waals surface area (Å²) in [6.45, 7) is 3.24. The van der Waals surface area contributed by atoms with Crippen LogP contribution in [0.15, 0.2) is 47.2 Å². The van der Waals surface area contributed by atoms with E-state index in [1.807, 2.05) is 30.5 Å². The molecule has 0 amide bonds. The molecule has 1 N–H and O–H groups in total. The van der Waals surface area contributed by atoms with E-state index in [4.69, 9.17) is 4.42 Å². The lowest BCUT2D eigenvalue weighted by molar-refractivity contribution is 0.423. The van der Waals surface area contributed by atoms with Gasteiger partial charge in [-0.15, -0.1) is 0 Å². The quantitative estimate of drug-likeness (QED) is 0.790. The van der Waals surface area contributed by atoms with E-state index in [1.165, 1.54) is 0 Å². The molecule has 0 bridgehead atoms. The van der Waals surface area contributed by atoms with Gasteiger partial charge in [0.2, 0.25) is 0 Å². The summed E-state index contributed by atoms with van der Waals surface area (Å²) in [6, 6.07) is 10.5. The van der Waals surface area contributed by atoms with E-state index in [-0.39, 0.29) is 0 Å². The van der Waals surface area contributed by atoms with E-state index in [0.29, 0.717) is 6.04 Å². The summed E-state index contributed by atoms with van der Waals surface area (Å²) >= 11 is 0. The Hall–Kier alpha value is -1.61. The molecule has 0 aliphatic heterocycles. The van der Waals surface area contributed by atoms with Gasteiger partial charge in [-0.3, -0.25) is 4.98 Å². The van der Waals surface area contributed by atoms with Gasteiger partial charge >= 0.3 is 0 Å². The Balaban J connectivity index is 1.86. The fourth-order valence-corrected chi connectivity index (χ4v) is 2.16. The molecule has 2 rings (SSSR count). The number of aromatic nitrogens is 1. The van der Waals surface area contributed by atoms with Gasteiger partial charge in [0.05, 0.1) is 6.26 Å². The molecule has 0 spiro atoms. The maximum atomic E-state index is 5.44. The van der Waals surface area contributed by atoms with E-state index in [0.717, 1.165) is 43.7 Å². The van der Waals surface area contributed by atoms with E-state index in [1.54, 1.807) is 6.26 Å². The van der Waals surface area contributed by atoms with Gasteiger partial charge < -0.3 is 9.73 Å². The van der Waals surface area contributed by atoms with Crippen LogP contribution in [-0.4, -0.2) is 17.6 Å². The van der Waals surface area contributed by atoms with Crippen LogP contribution in [0.4, 0.5) is 0 Å². The maximum absolute atomic E-state index is 5.44. The van der Waals surface area contributed by atoms with Crippen LogP contribution in [0.5, 0.6) is 0 Å². The first-order valence-electron chi connectivity index (χ1n) is 7.04. The topological polar surface area (TPSA) is 38.1 Å². The molecule has 3 nitrogen and oxygen atoms in total. The van der Waals surface area contributed by atoms with Crippen LogP contribution in [0.2, 0.25) is 0 Å². The lowest BCUT2D eigenvalue weighted by atomic mass is 10.0. The summed E-state index contributed by atoms with van der Waals surface area (Å²) in [5, 5.41) is 3.59. The van der Waals surface area contributed by atoms with Gasteiger partial charge in [-0.05, 0) is 50.1 Å². The van der Waals surface area contributed by atoms with Crippen LogP contribution in [0.25, 0.3) is 0 Å². The third-order valence-corrected chi connectivity index (χ3v) is 3.19. The number of hydrogen-bond donors (Lipinski definition) is 1. The maximum Gasteiger partial charge on any atom is 0.105 e. The molecule has 3 heteroatoms. The van der Waals surface area contributed by atoms with Crippen molar-refractivity contribution in [1.29, 1.82) is 0 Å². The minimum atomic E-state index is 0.452. The van der Waals surface area contributed by atoms with Gasteiger partial charge in [-0.25, -0.2) is 0 Å². The SMILES string of the molecule is CCCNC(CCc1ccccn1)Cc1ccco1. The van der Waals surface area contributed by atoms with Crippen LogP contribution in [-0.2, 0) is 12.8 Å². The van der Waals surface area contributed by atoms with E-state index < -0.39 is 0 Å². The van der Waals surface area contributed by atoms with Crippen LogP contribution < -0.4 is 5.32 Å². The van der Waals surface area contributed by atoms with Crippen LogP contribution in [0, 0.1) is 0 Å². The lowest BCUT2D eigenvalue weighted by Crippen LogP contribution is -2.32. The molecular formula is C16H22N2O. The number of pyridine rings is 1. The first kappa shape index (κ1) is 13.8. The van der Waals surface area contributed by atoms with E-state index >= 15 is 0 Å². The molecule has 1 unspecified atom stereocenters. The zero-order valence-corrected chi connectivity index (χ0v) is 11.5. The number of nitrogens with one attached hydrogen (secondary N) is 1. The van der Waals surface area contributed by atoms with E-state index in [2.05, 4.69) is 23.3 Å². The van der Waals surface area contributed by atoms with Crippen LogP contribution in [0.1, 0.15) is 31.2 Å². The summed E-state index contributed by atoms with van der Waals surface area (Å²) < 4.78 is 5.44. The Bertz CT molecular complexity index is 439. The molecule has 0 saturated heterocycles. The molecule has 0 radical (unpaired) electrons. The first-order chi connectivity index (χ1) is 9.38. The van der Waals surface area contributed by atoms with Crippen molar-refractivity contribution in [3.05, 3.63) is 54.2 Å². The standard InChI is InChI=1S/C16H22N2O/c1-2-10-17-15(13-16-7-5-12-19-16)9-8-14-6-3-4-11-18-14/h3-7,11-12,15,17H,2,8-10,13H2,1H3. The van der Waals surface area contributed by atoms with Gasteiger partial charge in [0.25, 0.3) is 0 Å². The molecule has 0 fully saturated rings. The molecule has 0 aliphatic rings. The molecule has 0 saturated carbocycles. The highest BCUT2D eigenvalue weighted by molar-refractivity contribution is 5.05. The van der Waals surface area contributed by atoms with E-state index in [9.17, 15) is 0 Å². The predicted octanol–water partition coefficient (Wildman–Crippen LogP) is 3.22. The Morgan fingerprint density at radius 1 is 1.26 bits per heavy atom. The highest BCUT2D eigenvalue weighted by Gasteiger charge is 2.11. The second kappa shape index (κ2) is 7.74. The Morgan fingerprint density at radius 2 is 2.21 bits per heavy atom. The fourth-order valence-electron chi connectivity index (χ4n) is 2.16. The Morgan fingerprint density at radius 3 is 2.89 bits per heavy atom. The molecule has 0 aliphatic carbocycles. The number of rotatable bonds is 8. The summed E-state index contributed by atoms with van der Waals surface area (Å²) in [4.78, 5) is 4.38. The van der Waals surface area contributed by atoms with Crippen molar-refractivity contribution in [1.82, 2.24) is 10.3 Å². The lowest BCUT2D eigenvalue weighted by Gasteiger charge is -2.17. The van der Waals surface area contributed by atoms with Crippen molar-refractivity contribution in [2.45, 2.75) is 38.6 Å². The molecule has 0 aromatic carbocycles. The van der Waals surface area contributed by atoms with Crippen molar-refractivity contribution in [3.63, 3.8) is 0 Å². The van der Waals surface area contributed by atoms with Gasteiger partial charge in [0.1, 0.15) is 5.76 Å². The highest BCUT2D eigenvalue weighted by Crippen LogP contribution is 2.09. The number of nitrogens with zero attached hydrogens (tertiary/aromatic N) is 1. The monoisotopic (exact) mass is 258 g/mol.